The van der Waals surface area contributed by atoms with Crippen molar-refractivity contribution < 1.29 is 4.74 Å². The highest BCUT2D eigenvalue weighted by Crippen LogP contribution is 2.30. The van der Waals surface area contributed by atoms with Crippen LogP contribution in [0.4, 0.5) is 5.82 Å². The van der Waals surface area contributed by atoms with Gasteiger partial charge in [-0.2, -0.15) is 0 Å². The van der Waals surface area contributed by atoms with Crippen molar-refractivity contribution in [3.63, 3.8) is 0 Å². The Morgan fingerprint density at radius 2 is 1.86 bits per heavy atom. The summed E-state index contributed by atoms with van der Waals surface area (Å²) in [5.74, 6) is 2.47. The fourth-order valence-corrected chi connectivity index (χ4v) is 3.74. The van der Waals surface area contributed by atoms with Crippen molar-refractivity contribution in [3.05, 3.63) is 59.9 Å². The molecule has 0 saturated carbocycles. The summed E-state index contributed by atoms with van der Waals surface area (Å²) in [6.07, 6.45) is 4.13. The van der Waals surface area contributed by atoms with Crippen LogP contribution < -0.4 is 10.5 Å². The molecule has 0 bridgehead atoms. The minimum Gasteiger partial charge on any atom is -0.494 e. The van der Waals surface area contributed by atoms with Crippen molar-refractivity contribution in [2.75, 3.05) is 12.3 Å². The van der Waals surface area contributed by atoms with Crippen molar-refractivity contribution in [3.8, 4) is 5.75 Å². The number of aromatic nitrogens is 3. The summed E-state index contributed by atoms with van der Waals surface area (Å²) >= 11 is 0. The van der Waals surface area contributed by atoms with Gasteiger partial charge in [-0.25, -0.2) is 9.97 Å². The number of pyridine rings is 1. The minimum absolute atomic E-state index is 0.496. The molecule has 150 valence electrons. The van der Waals surface area contributed by atoms with Crippen molar-refractivity contribution in [1.29, 1.82) is 0 Å². The molecule has 0 aliphatic rings. The summed E-state index contributed by atoms with van der Waals surface area (Å²) in [6.45, 7) is 5.77. The van der Waals surface area contributed by atoms with Gasteiger partial charge in [0.2, 0.25) is 0 Å². The van der Waals surface area contributed by atoms with Crippen molar-refractivity contribution in [2.24, 2.45) is 0 Å². The smallest absolute Gasteiger partial charge is 0.152 e. The van der Waals surface area contributed by atoms with E-state index in [0.717, 1.165) is 72.3 Å². The zero-order chi connectivity index (χ0) is 20.2. The Hall–Kier alpha value is -3.08. The number of aryl methyl sites for hydroxylation is 1. The van der Waals surface area contributed by atoms with E-state index in [1.807, 2.05) is 24.3 Å². The van der Waals surface area contributed by atoms with Gasteiger partial charge in [0.15, 0.2) is 5.82 Å². The normalized spacial score (nSPS) is 11.4. The van der Waals surface area contributed by atoms with Crippen LogP contribution in [0.15, 0.2) is 48.5 Å². The third-order valence-corrected chi connectivity index (χ3v) is 5.16. The van der Waals surface area contributed by atoms with Gasteiger partial charge in [0, 0.05) is 18.4 Å². The van der Waals surface area contributed by atoms with Crippen molar-refractivity contribution in [2.45, 2.75) is 46.1 Å². The second-order valence-corrected chi connectivity index (χ2v) is 7.43. The number of imidazole rings is 1. The van der Waals surface area contributed by atoms with Gasteiger partial charge in [0.05, 0.1) is 17.6 Å². The zero-order valence-corrected chi connectivity index (χ0v) is 17.2. The average Bonchev–Trinajstić information content (AvgIpc) is 3.10. The van der Waals surface area contributed by atoms with Crippen LogP contribution in [0.1, 0.15) is 44.5 Å². The number of hydrogen-bond donors (Lipinski definition) is 1. The Labute approximate surface area is 171 Å². The summed E-state index contributed by atoms with van der Waals surface area (Å²) in [7, 11) is 0. The van der Waals surface area contributed by atoms with Crippen LogP contribution >= 0.6 is 0 Å². The molecule has 2 aromatic carbocycles. The van der Waals surface area contributed by atoms with Gasteiger partial charge in [0.1, 0.15) is 17.1 Å². The highest BCUT2D eigenvalue weighted by Gasteiger charge is 2.17. The molecule has 0 radical (unpaired) electrons. The Kier molecular flexibility index (Phi) is 5.65. The lowest BCUT2D eigenvalue weighted by atomic mass is 10.1. The highest BCUT2D eigenvalue weighted by molar-refractivity contribution is 6.06. The molecule has 0 atom stereocenters. The van der Waals surface area contributed by atoms with Crippen molar-refractivity contribution in [1.82, 2.24) is 14.5 Å². The maximum absolute atomic E-state index is 6.30. The van der Waals surface area contributed by atoms with Crippen LogP contribution in [0, 0.1) is 0 Å². The van der Waals surface area contributed by atoms with Crippen LogP contribution in [-0.4, -0.2) is 21.1 Å². The fraction of sp³-hybridized carbons (Fsp3) is 0.333. The molecule has 0 unspecified atom stereocenters. The number of unbranched alkanes of at least 4 members (excludes halogenated alkanes) is 1. The lowest BCUT2D eigenvalue weighted by molar-refractivity contribution is 0.317. The molecule has 2 N–H and O–H groups in total. The summed E-state index contributed by atoms with van der Waals surface area (Å²) < 4.78 is 8.14. The molecule has 4 aromatic rings. The van der Waals surface area contributed by atoms with E-state index in [0.29, 0.717) is 5.82 Å². The van der Waals surface area contributed by atoms with Gasteiger partial charge in [-0.15, -0.1) is 0 Å². The summed E-state index contributed by atoms with van der Waals surface area (Å²) in [5.41, 5.74) is 10.3. The first kappa shape index (κ1) is 19.2. The molecule has 4 rings (SSSR count). The summed E-state index contributed by atoms with van der Waals surface area (Å²) in [4.78, 5) is 9.49. The lowest BCUT2D eigenvalue weighted by Crippen LogP contribution is -2.06. The van der Waals surface area contributed by atoms with Gasteiger partial charge in [-0.05, 0) is 36.6 Å². The first-order valence-corrected chi connectivity index (χ1v) is 10.5. The van der Waals surface area contributed by atoms with E-state index in [1.54, 1.807) is 0 Å². The standard InChI is InChI=1S/C24H28N4O/c1-3-5-13-21-27-22-23(19-11-6-7-12-20(19)26-24(22)25)28(21)16-17-9-8-10-18(15-17)29-14-4-2/h6-12,15H,3-5,13-14,16H2,1-2H3,(H2,25,26). The number of rotatable bonds is 8. The highest BCUT2D eigenvalue weighted by atomic mass is 16.5. The third-order valence-electron chi connectivity index (χ3n) is 5.16. The number of nitrogen functional groups attached to an aromatic ring is 1. The lowest BCUT2D eigenvalue weighted by Gasteiger charge is -2.12. The second kappa shape index (κ2) is 8.52. The SMILES string of the molecule is CCCCc1nc2c(N)nc3ccccc3c2n1Cc1cccc(OCCC)c1. The van der Waals surface area contributed by atoms with Crippen LogP contribution in [0.25, 0.3) is 21.9 Å². The molecule has 5 nitrogen and oxygen atoms in total. The molecule has 0 aliphatic heterocycles. The average molecular weight is 389 g/mol. The predicted octanol–water partition coefficient (Wildman–Crippen LogP) is 5.35. The molecule has 29 heavy (non-hydrogen) atoms. The second-order valence-electron chi connectivity index (χ2n) is 7.43. The molecule has 0 amide bonds. The van der Waals surface area contributed by atoms with Gasteiger partial charge in [-0.3, -0.25) is 0 Å². The molecular formula is C24H28N4O. The number of fused-ring (bicyclic) bond motifs is 3. The van der Waals surface area contributed by atoms with E-state index in [9.17, 15) is 0 Å². The number of anilines is 1. The van der Waals surface area contributed by atoms with Gasteiger partial charge >= 0.3 is 0 Å². The molecule has 0 saturated heterocycles. The van der Waals surface area contributed by atoms with E-state index < -0.39 is 0 Å². The van der Waals surface area contributed by atoms with Crippen LogP contribution in [0.2, 0.25) is 0 Å². The first-order valence-electron chi connectivity index (χ1n) is 10.5. The Morgan fingerprint density at radius 3 is 2.69 bits per heavy atom. The minimum atomic E-state index is 0.496. The molecule has 2 heterocycles. The number of nitrogens with zero attached hydrogens (tertiary/aromatic N) is 3. The van der Waals surface area contributed by atoms with E-state index in [4.69, 9.17) is 15.5 Å². The molecule has 0 fully saturated rings. The topological polar surface area (TPSA) is 66.0 Å². The van der Waals surface area contributed by atoms with Crippen LogP contribution in [-0.2, 0) is 13.0 Å². The molecular weight excluding hydrogens is 360 g/mol. The van der Waals surface area contributed by atoms with Crippen LogP contribution in [0.3, 0.4) is 0 Å². The summed E-state index contributed by atoms with van der Waals surface area (Å²) in [5, 5.41) is 1.09. The molecule has 2 aromatic heterocycles. The van der Waals surface area contributed by atoms with Gasteiger partial charge in [-0.1, -0.05) is 50.6 Å². The van der Waals surface area contributed by atoms with E-state index >= 15 is 0 Å². The van der Waals surface area contributed by atoms with Crippen molar-refractivity contribution >= 4 is 27.8 Å². The Balaban J connectivity index is 1.85. The third kappa shape index (κ3) is 3.90. The quantitative estimate of drug-likeness (QED) is 0.442. The number of para-hydroxylation sites is 1. The Morgan fingerprint density at radius 1 is 1.00 bits per heavy atom. The first-order chi connectivity index (χ1) is 14.2. The summed E-state index contributed by atoms with van der Waals surface area (Å²) in [6, 6.07) is 16.5. The maximum Gasteiger partial charge on any atom is 0.152 e. The van der Waals surface area contributed by atoms with Gasteiger partial charge < -0.3 is 15.0 Å². The Bertz CT molecular complexity index is 1130. The number of benzene rings is 2. The van der Waals surface area contributed by atoms with E-state index in [-0.39, 0.29) is 0 Å². The maximum atomic E-state index is 6.30. The van der Waals surface area contributed by atoms with Gasteiger partial charge in [0.25, 0.3) is 0 Å². The van der Waals surface area contributed by atoms with E-state index in [2.05, 4.69) is 47.7 Å². The van der Waals surface area contributed by atoms with E-state index in [1.165, 1.54) is 5.56 Å². The number of nitrogens with two attached hydrogens (primary N) is 1. The number of hydrogen-bond acceptors (Lipinski definition) is 4. The monoisotopic (exact) mass is 388 g/mol. The molecule has 5 heteroatoms. The number of ether oxygens (including phenoxy) is 1. The molecule has 0 aliphatic carbocycles. The van der Waals surface area contributed by atoms with Crippen LogP contribution in [0.5, 0.6) is 5.75 Å². The predicted molar refractivity (Wildman–Crippen MR) is 119 cm³/mol. The fourth-order valence-electron chi connectivity index (χ4n) is 3.74. The largest absolute Gasteiger partial charge is 0.494 e. The molecule has 0 spiro atoms. The zero-order valence-electron chi connectivity index (χ0n) is 17.2.